The molecule has 1 rings (SSSR count). The summed E-state index contributed by atoms with van der Waals surface area (Å²) in [6, 6.07) is 1.74. The molecular weight excluding hydrogens is 228 g/mol. The number of anilines is 2. The molecule has 1 aromatic rings. The minimum atomic E-state index is -2.94. The predicted octanol–water partition coefficient (Wildman–Crippen LogP) is 0.365. The van der Waals surface area contributed by atoms with Crippen molar-refractivity contribution in [1.29, 1.82) is 0 Å². The quantitative estimate of drug-likeness (QED) is 0.752. The van der Waals surface area contributed by atoms with E-state index in [0.29, 0.717) is 12.4 Å². The van der Waals surface area contributed by atoms with E-state index in [-0.39, 0.29) is 5.75 Å². The van der Waals surface area contributed by atoms with Crippen LogP contribution in [0.15, 0.2) is 12.4 Å². The van der Waals surface area contributed by atoms with Crippen LogP contribution in [0.1, 0.15) is 6.92 Å². The molecule has 0 saturated heterocycles. The third kappa shape index (κ3) is 4.92. The van der Waals surface area contributed by atoms with Crippen LogP contribution in [-0.2, 0) is 9.84 Å². The zero-order chi connectivity index (χ0) is 12.0. The van der Waals surface area contributed by atoms with Crippen LogP contribution in [0.4, 0.5) is 11.6 Å². The summed E-state index contributed by atoms with van der Waals surface area (Å²) in [6.07, 6.45) is 2.64. The van der Waals surface area contributed by atoms with Gasteiger partial charge in [-0.1, -0.05) is 0 Å². The summed E-state index contributed by atoms with van der Waals surface area (Å²) in [5.41, 5.74) is 0. The Labute approximate surface area is 95.4 Å². The Morgan fingerprint density at radius 1 is 1.25 bits per heavy atom. The molecule has 0 aliphatic heterocycles. The smallest absolute Gasteiger partial charge is 0.149 e. The Balaban J connectivity index is 2.51. The molecule has 7 heteroatoms. The standard InChI is InChI=1S/C9H16N4O2S/c1-3-10-8-6-9(13-7-12-8)11-4-5-16(2,14)15/h6-7H,3-5H2,1-2H3,(H2,10,11,12,13). The molecule has 16 heavy (non-hydrogen) atoms. The van der Waals surface area contributed by atoms with Gasteiger partial charge in [-0.2, -0.15) is 0 Å². The van der Waals surface area contributed by atoms with E-state index in [0.717, 1.165) is 12.4 Å². The van der Waals surface area contributed by atoms with E-state index >= 15 is 0 Å². The highest BCUT2D eigenvalue weighted by Crippen LogP contribution is 2.07. The summed E-state index contributed by atoms with van der Waals surface area (Å²) >= 11 is 0. The van der Waals surface area contributed by atoms with Crippen molar-refractivity contribution in [3.05, 3.63) is 12.4 Å². The van der Waals surface area contributed by atoms with E-state index in [2.05, 4.69) is 20.6 Å². The molecule has 2 N–H and O–H groups in total. The molecule has 0 radical (unpaired) electrons. The fourth-order valence-corrected chi connectivity index (χ4v) is 1.57. The molecule has 0 aromatic carbocycles. The van der Waals surface area contributed by atoms with Gasteiger partial charge in [0.1, 0.15) is 27.8 Å². The van der Waals surface area contributed by atoms with Gasteiger partial charge in [0.05, 0.1) is 5.75 Å². The molecule has 1 heterocycles. The van der Waals surface area contributed by atoms with Crippen molar-refractivity contribution in [1.82, 2.24) is 9.97 Å². The van der Waals surface area contributed by atoms with Gasteiger partial charge in [0.25, 0.3) is 0 Å². The Morgan fingerprint density at radius 3 is 2.44 bits per heavy atom. The number of nitrogens with zero attached hydrogens (tertiary/aromatic N) is 2. The van der Waals surface area contributed by atoms with Gasteiger partial charge in [-0.05, 0) is 6.92 Å². The van der Waals surface area contributed by atoms with Crippen LogP contribution >= 0.6 is 0 Å². The van der Waals surface area contributed by atoms with Crippen LogP contribution in [0.5, 0.6) is 0 Å². The maximum Gasteiger partial charge on any atom is 0.149 e. The fraction of sp³-hybridized carbons (Fsp3) is 0.556. The monoisotopic (exact) mass is 244 g/mol. The van der Waals surface area contributed by atoms with E-state index in [1.54, 1.807) is 6.07 Å². The summed E-state index contributed by atoms with van der Waals surface area (Å²) in [7, 11) is -2.94. The predicted molar refractivity (Wildman–Crippen MR) is 64.4 cm³/mol. The highest BCUT2D eigenvalue weighted by molar-refractivity contribution is 7.90. The normalized spacial score (nSPS) is 11.1. The van der Waals surface area contributed by atoms with E-state index in [4.69, 9.17) is 0 Å². The summed E-state index contributed by atoms with van der Waals surface area (Å²) in [6.45, 7) is 3.10. The van der Waals surface area contributed by atoms with Crippen LogP contribution in [0.3, 0.4) is 0 Å². The molecule has 0 unspecified atom stereocenters. The second-order valence-electron chi connectivity index (χ2n) is 3.38. The zero-order valence-corrected chi connectivity index (χ0v) is 10.2. The van der Waals surface area contributed by atoms with E-state index in [1.165, 1.54) is 12.6 Å². The molecule has 0 bridgehead atoms. The van der Waals surface area contributed by atoms with Gasteiger partial charge in [0.15, 0.2) is 0 Å². The third-order valence-electron chi connectivity index (χ3n) is 1.80. The first-order valence-corrected chi connectivity index (χ1v) is 7.05. The number of aromatic nitrogens is 2. The Hall–Kier alpha value is -1.37. The summed E-state index contributed by atoms with van der Waals surface area (Å²) < 4.78 is 21.8. The van der Waals surface area contributed by atoms with E-state index < -0.39 is 9.84 Å². The largest absolute Gasteiger partial charge is 0.370 e. The van der Waals surface area contributed by atoms with Gasteiger partial charge in [-0.3, -0.25) is 0 Å². The van der Waals surface area contributed by atoms with Crippen LogP contribution in [-0.4, -0.2) is 43.5 Å². The van der Waals surface area contributed by atoms with Crippen LogP contribution in [0.2, 0.25) is 0 Å². The Morgan fingerprint density at radius 2 is 1.88 bits per heavy atom. The second-order valence-corrected chi connectivity index (χ2v) is 5.64. The first kappa shape index (κ1) is 12.7. The highest BCUT2D eigenvalue weighted by atomic mass is 32.2. The van der Waals surface area contributed by atoms with Crippen LogP contribution in [0, 0.1) is 0 Å². The molecule has 0 fully saturated rings. The number of sulfone groups is 1. The maximum atomic E-state index is 10.9. The molecule has 6 nitrogen and oxygen atoms in total. The topological polar surface area (TPSA) is 84.0 Å². The number of rotatable bonds is 6. The first-order valence-electron chi connectivity index (χ1n) is 4.99. The molecule has 0 atom stereocenters. The highest BCUT2D eigenvalue weighted by Gasteiger charge is 2.02. The molecule has 0 amide bonds. The second kappa shape index (κ2) is 5.64. The molecule has 0 aliphatic rings. The lowest BCUT2D eigenvalue weighted by Gasteiger charge is -2.06. The lowest BCUT2D eigenvalue weighted by Crippen LogP contribution is -2.15. The minimum absolute atomic E-state index is 0.0908. The number of nitrogens with one attached hydrogen (secondary N) is 2. The molecule has 90 valence electrons. The summed E-state index contributed by atoms with van der Waals surface area (Å²) in [4.78, 5) is 7.99. The summed E-state index contributed by atoms with van der Waals surface area (Å²) in [5.74, 6) is 1.43. The molecule has 0 saturated carbocycles. The van der Waals surface area contributed by atoms with Crippen molar-refractivity contribution < 1.29 is 8.42 Å². The zero-order valence-electron chi connectivity index (χ0n) is 9.40. The van der Waals surface area contributed by atoms with Gasteiger partial charge in [0.2, 0.25) is 0 Å². The lowest BCUT2D eigenvalue weighted by atomic mass is 10.5. The third-order valence-corrected chi connectivity index (χ3v) is 2.75. The fourth-order valence-electron chi connectivity index (χ4n) is 1.10. The molecular formula is C9H16N4O2S. The van der Waals surface area contributed by atoms with Crippen molar-refractivity contribution in [3.8, 4) is 0 Å². The SMILES string of the molecule is CCNc1cc(NCCS(C)(=O)=O)ncn1. The van der Waals surface area contributed by atoms with Crippen molar-refractivity contribution in [2.24, 2.45) is 0 Å². The minimum Gasteiger partial charge on any atom is -0.370 e. The molecule has 1 aromatic heterocycles. The number of hydrogen-bond acceptors (Lipinski definition) is 6. The van der Waals surface area contributed by atoms with Crippen LogP contribution < -0.4 is 10.6 Å². The van der Waals surface area contributed by atoms with E-state index in [9.17, 15) is 8.42 Å². The van der Waals surface area contributed by atoms with Gasteiger partial charge in [0, 0.05) is 25.4 Å². The Kier molecular flexibility index (Phi) is 4.48. The van der Waals surface area contributed by atoms with Crippen molar-refractivity contribution in [2.45, 2.75) is 6.92 Å². The maximum absolute atomic E-state index is 10.9. The Bertz CT molecular complexity index is 433. The van der Waals surface area contributed by atoms with Gasteiger partial charge < -0.3 is 10.6 Å². The van der Waals surface area contributed by atoms with Gasteiger partial charge in [-0.25, -0.2) is 18.4 Å². The van der Waals surface area contributed by atoms with Crippen molar-refractivity contribution in [2.75, 3.05) is 35.7 Å². The first-order chi connectivity index (χ1) is 7.51. The van der Waals surface area contributed by atoms with E-state index in [1.807, 2.05) is 6.92 Å². The average Bonchev–Trinajstić information content (AvgIpc) is 2.17. The van der Waals surface area contributed by atoms with Crippen molar-refractivity contribution >= 4 is 21.5 Å². The number of hydrogen-bond donors (Lipinski definition) is 2. The summed E-state index contributed by atoms with van der Waals surface area (Å²) in [5, 5.41) is 5.97. The van der Waals surface area contributed by atoms with Crippen LogP contribution in [0.25, 0.3) is 0 Å². The van der Waals surface area contributed by atoms with Crippen molar-refractivity contribution in [3.63, 3.8) is 0 Å². The average molecular weight is 244 g/mol. The van der Waals surface area contributed by atoms with Gasteiger partial charge in [-0.15, -0.1) is 0 Å². The van der Waals surface area contributed by atoms with Gasteiger partial charge >= 0.3 is 0 Å². The molecule has 0 spiro atoms. The lowest BCUT2D eigenvalue weighted by molar-refractivity contribution is 0.602. The molecule has 0 aliphatic carbocycles.